The second kappa shape index (κ2) is 7.44. The minimum atomic E-state index is -1.90. The van der Waals surface area contributed by atoms with E-state index in [1.165, 1.54) is 16.2 Å². The minimum Gasteiger partial charge on any atom is -0.375 e. The second-order valence-electron chi connectivity index (χ2n) is 6.56. The molecule has 0 unspecified atom stereocenters. The maximum Gasteiger partial charge on any atom is 0.264 e. The first-order chi connectivity index (χ1) is 13.4. The Balaban J connectivity index is 1.70. The lowest BCUT2D eigenvalue weighted by Gasteiger charge is -2.23. The Bertz CT molecular complexity index is 1080. The summed E-state index contributed by atoms with van der Waals surface area (Å²) in [5.74, 6) is -0.793. The number of anilines is 1. The zero-order valence-electron chi connectivity index (χ0n) is 14.6. The Kier molecular flexibility index (Phi) is 5.14. The summed E-state index contributed by atoms with van der Waals surface area (Å²) >= 11 is 10.9. The van der Waals surface area contributed by atoms with Crippen LogP contribution in [0.5, 0.6) is 0 Å². The largest absolute Gasteiger partial charge is 0.375 e. The summed E-state index contributed by atoms with van der Waals surface area (Å²) in [6, 6.07) is 17.7. The van der Waals surface area contributed by atoms with Crippen LogP contribution in [0.2, 0.25) is 5.02 Å². The van der Waals surface area contributed by atoms with E-state index < -0.39 is 11.5 Å². The minimum absolute atomic E-state index is 0.219. The predicted molar refractivity (Wildman–Crippen MR) is 114 cm³/mol. The van der Waals surface area contributed by atoms with Gasteiger partial charge in [0.2, 0.25) is 0 Å². The van der Waals surface area contributed by atoms with Crippen LogP contribution in [0.4, 0.5) is 5.69 Å². The standard InChI is InChI=1S/C21H15BrClNO3S/c22-19-10-9-18(28-19)17(25)11-21(27)14-6-2-4-8-16(14)24(20(21)26)12-13-5-1-3-7-15(13)23/h1-10,27H,11-12H2/t21-/m1/s1. The van der Waals surface area contributed by atoms with E-state index in [9.17, 15) is 14.7 Å². The Labute approximate surface area is 179 Å². The number of hydrogen-bond donors (Lipinski definition) is 1. The molecule has 1 aliphatic rings. The van der Waals surface area contributed by atoms with E-state index in [2.05, 4.69) is 15.9 Å². The Hall–Kier alpha value is -1.99. The van der Waals surface area contributed by atoms with E-state index >= 15 is 0 Å². The van der Waals surface area contributed by atoms with Gasteiger partial charge in [-0.3, -0.25) is 9.59 Å². The quantitative estimate of drug-likeness (QED) is 0.517. The van der Waals surface area contributed by atoms with E-state index in [0.717, 1.165) is 9.35 Å². The number of halogens is 2. The Morgan fingerprint density at radius 3 is 2.54 bits per heavy atom. The average Bonchev–Trinajstić information content (AvgIpc) is 3.20. The fourth-order valence-corrected chi connectivity index (χ4v) is 4.93. The molecular formula is C21H15BrClNO3S. The second-order valence-corrected chi connectivity index (χ2v) is 9.43. The van der Waals surface area contributed by atoms with Gasteiger partial charge in [-0.2, -0.15) is 0 Å². The van der Waals surface area contributed by atoms with Gasteiger partial charge in [0.1, 0.15) is 0 Å². The van der Waals surface area contributed by atoms with Crippen molar-refractivity contribution in [2.24, 2.45) is 0 Å². The van der Waals surface area contributed by atoms with Crippen molar-refractivity contribution >= 4 is 56.2 Å². The summed E-state index contributed by atoms with van der Waals surface area (Å²) in [4.78, 5) is 28.0. The highest BCUT2D eigenvalue weighted by Crippen LogP contribution is 2.44. The van der Waals surface area contributed by atoms with Gasteiger partial charge in [0.25, 0.3) is 5.91 Å². The molecule has 4 nitrogen and oxygen atoms in total. The average molecular weight is 477 g/mol. The molecule has 0 bridgehead atoms. The van der Waals surface area contributed by atoms with Crippen LogP contribution in [0.25, 0.3) is 0 Å². The molecule has 4 rings (SSSR count). The molecule has 28 heavy (non-hydrogen) atoms. The van der Waals surface area contributed by atoms with Crippen LogP contribution in [0.15, 0.2) is 64.5 Å². The summed E-state index contributed by atoms with van der Waals surface area (Å²) < 4.78 is 0.821. The molecule has 0 radical (unpaired) electrons. The first-order valence-electron chi connectivity index (χ1n) is 8.56. The third-order valence-electron chi connectivity index (χ3n) is 4.79. The van der Waals surface area contributed by atoms with Gasteiger partial charge in [0, 0.05) is 10.6 Å². The summed E-state index contributed by atoms with van der Waals surface area (Å²) in [7, 11) is 0. The number of carbonyl (C=O) groups excluding carboxylic acids is 2. The van der Waals surface area contributed by atoms with Gasteiger partial charge in [-0.25, -0.2) is 0 Å². The van der Waals surface area contributed by atoms with Gasteiger partial charge >= 0.3 is 0 Å². The number of fused-ring (bicyclic) bond motifs is 1. The normalized spacial score (nSPS) is 18.4. The molecule has 0 saturated carbocycles. The fourth-order valence-electron chi connectivity index (χ4n) is 3.42. The molecule has 1 aliphatic heterocycles. The molecule has 2 heterocycles. The van der Waals surface area contributed by atoms with Crippen molar-refractivity contribution in [2.45, 2.75) is 18.6 Å². The molecule has 0 spiro atoms. The summed E-state index contributed by atoms with van der Waals surface area (Å²) in [5.41, 5.74) is -0.0954. The number of para-hydroxylation sites is 1. The van der Waals surface area contributed by atoms with E-state index in [4.69, 9.17) is 11.6 Å². The highest BCUT2D eigenvalue weighted by atomic mass is 79.9. The number of nitrogens with zero attached hydrogens (tertiary/aromatic N) is 1. The highest BCUT2D eigenvalue weighted by molar-refractivity contribution is 9.11. The molecule has 0 aliphatic carbocycles. The number of Topliss-reactive ketones (excluding diaryl/α,β-unsaturated/α-hetero) is 1. The smallest absolute Gasteiger partial charge is 0.264 e. The third kappa shape index (κ3) is 3.31. The molecule has 142 valence electrons. The van der Waals surface area contributed by atoms with Crippen LogP contribution in [-0.2, 0) is 16.9 Å². The number of hydrogen-bond acceptors (Lipinski definition) is 4. The molecule has 1 amide bonds. The van der Waals surface area contributed by atoms with Gasteiger partial charge in [-0.1, -0.05) is 48.0 Å². The van der Waals surface area contributed by atoms with Crippen molar-refractivity contribution in [3.63, 3.8) is 0 Å². The van der Waals surface area contributed by atoms with Crippen LogP contribution in [0, 0.1) is 0 Å². The lowest BCUT2D eigenvalue weighted by Crippen LogP contribution is -2.41. The number of amides is 1. The van der Waals surface area contributed by atoms with Crippen LogP contribution in [0.1, 0.15) is 27.2 Å². The number of benzene rings is 2. The molecule has 2 aromatic carbocycles. The van der Waals surface area contributed by atoms with Gasteiger partial charge in [-0.05, 0) is 45.8 Å². The summed E-state index contributed by atoms with van der Waals surface area (Å²) in [6.07, 6.45) is -0.311. The molecule has 1 aromatic heterocycles. The molecule has 0 fully saturated rings. The topological polar surface area (TPSA) is 57.6 Å². The van der Waals surface area contributed by atoms with Crippen LogP contribution >= 0.6 is 38.9 Å². The van der Waals surface area contributed by atoms with E-state index in [-0.39, 0.29) is 18.7 Å². The fraction of sp³-hybridized carbons (Fsp3) is 0.143. The number of rotatable bonds is 5. The number of carbonyl (C=O) groups is 2. The first-order valence-corrected chi connectivity index (χ1v) is 10.5. The molecule has 0 saturated heterocycles. The van der Waals surface area contributed by atoms with Crippen molar-refractivity contribution in [1.29, 1.82) is 0 Å². The molecule has 1 N–H and O–H groups in total. The van der Waals surface area contributed by atoms with Crippen molar-refractivity contribution in [3.8, 4) is 0 Å². The predicted octanol–water partition coefficient (Wildman–Crippen LogP) is 5.17. The summed E-state index contributed by atoms with van der Waals surface area (Å²) in [6.45, 7) is 0.219. The van der Waals surface area contributed by atoms with Gasteiger partial charge in [0.15, 0.2) is 11.4 Å². The van der Waals surface area contributed by atoms with Crippen molar-refractivity contribution in [2.75, 3.05) is 4.90 Å². The van der Waals surface area contributed by atoms with Crippen molar-refractivity contribution in [1.82, 2.24) is 0 Å². The van der Waals surface area contributed by atoms with Crippen LogP contribution < -0.4 is 4.90 Å². The third-order valence-corrected chi connectivity index (χ3v) is 6.82. The monoisotopic (exact) mass is 475 g/mol. The maximum absolute atomic E-state index is 13.2. The molecule has 7 heteroatoms. The number of thiophene rings is 1. The lowest BCUT2D eigenvalue weighted by molar-refractivity contribution is -0.136. The molecule has 1 atom stereocenters. The Morgan fingerprint density at radius 2 is 1.82 bits per heavy atom. The zero-order valence-corrected chi connectivity index (χ0v) is 17.7. The van der Waals surface area contributed by atoms with E-state index in [1.807, 2.05) is 18.2 Å². The maximum atomic E-state index is 13.2. The van der Waals surface area contributed by atoms with E-state index in [1.54, 1.807) is 42.5 Å². The first kappa shape index (κ1) is 19.3. The van der Waals surface area contributed by atoms with Gasteiger partial charge < -0.3 is 10.0 Å². The Morgan fingerprint density at radius 1 is 1.11 bits per heavy atom. The van der Waals surface area contributed by atoms with Gasteiger partial charge in [-0.15, -0.1) is 11.3 Å². The van der Waals surface area contributed by atoms with Crippen LogP contribution in [-0.4, -0.2) is 16.8 Å². The molecule has 3 aromatic rings. The number of aliphatic hydroxyl groups is 1. The van der Waals surface area contributed by atoms with E-state index in [0.29, 0.717) is 21.2 Å². The van der Waals surface area contributed by atoms with Crippen molar-refractivity contribution < 1.29 is 14.7 Å². The number of ketones is 1. The zero-order chi connectivity index (χ0) is 19.9. The van der Waals surface area contributed by atoms with Gasteiger partial charge in [0.05, 0.1) is 27.3 Å². The lowest BCUT2D eigenvalue weighted by atomic mass is 9.89. The van der Waals surface area contributed by atoms with Crippen LogP contribution in [0.3, 0.4) is 0 Å². The highest BCUT2D eigenvalue weighted by Gasteiger charge is 2.50. The molecular weight excluding hydrogens is 462 g/mol. The SMILES string of the molecule is O=C(C[C@]1(O)C(=O)N(Cc2ccccc2Cl)c2ccccc21)c1ccc(Br)s1. The van der Waals surface area contributed by atoms with Crippen molar-refractivity contribution in [3.05, 3.63) is 85.5 Å². The summed E-state index contributed by atoms with van der Waals surface area (Å²) in [5, 5.41) is 11.9.